The Bertz CT molecular complexity index is 290. The third-order valence-electron chi connectivity index (χ3n) is 3.23. The molecule has 0 aliphatic heterocycles. The second kappa shape index (κ2) is 8.23. The Hall–Kier alpha value is -0.900. The normalized spacial score (nSPS) is 14.5. The van der Waals surface area contributed by atoms with Crippen molar-refractivity contribution in [2.45, 2.75) is 39.3 Å². The van der Waals surface area contributed by atoms with Gasteiger partial charge in [-0.25, -0.2) is 0 Å². The molecule has 1 rings (SSSR count). The minimum Gasteiger partial charge on any atom is -0.377 e. The summed E-state index contributed by atoms with van der Waals surface area (Å²) in [5, 5.41) is 0. The summed E-state index contributed by atoms with van der Waals surface area (Å²) < 4.78 is 5.65. The van der Waals surface area contributed by atoms with Gasteiger partial charge in [-0.05, 0) is 17.9 Å². The molecule has 3 nitrogen and oxygen atoms in total. The van der Waals surface area contributed by atoms with E-state index in [0.717, 1.165) is 19.4 Å². The molecule has 0 spiro atoms. The number of hydrazine groups is 1. The van der Waals surface area contributed by atoms with Gasteiger partial charge in [0.25, 0.3) is 0 Å². The second-order valence-electron chi connectivity index (χ2n) is 4.49. The minimum atomic E-state index is 0.343. The Labute approximate surface area is 104 Å². The van der Waals surface area contributed by atoms with E-state index >= 15 is 0 Å². The molecule has 0 radical (unpaired) electrons. The zero-order valence-corrected chi connectivity index (χ0v) is 10.9. The summed E-state index contributed by atoms with van der Waals surface area (Å²) in [5.41, 5.74) is 4.09. The molecule has 0 heterocycles. The lowest BCUT2D eigenvalue weighted by Gasteiger charge is -2.21. The van der Waals surface area contributed by atoms with Crippen molar-refractivity contribution in [2.75, 3.05) is 6.61 Å². The van der Waals surface area contributed by atoms with Crippen LogP contribution in [-0.4, -0.2) is 12.6 Å². The van der Waals surface area contributed by atoms with Crippen molar-refractivity contribution in [1.82, 2.24) is 5.43 Å². The van der Waals surface area contributed by atoms with E-state index in [9.17, 15) is 0 Å². The fourth-order valence-electron chi connectivity index (χ4n) is 1.79. The highest BCUT2D eigenvalue weighted by Crippen LogP contribution is 2.10. The van der Waals surface area contributed by atoms with Gasteiger partial charge in [-0.15, -0.1) is 0 Å². The lowest BCUT2D eigenvalue weighted by atomic mass is 9.97. The molecule has 0 saturated heterocycles. The number of benzene rings is 1. The molecule has 0 saturated carbocycles. The summed E-state index contributed by atoms with van der Waals surface area (Å²) in [7, 11) is 0. The van der Waals surface area contributed by atoms with Gasteiger partial charge in [0, 0.05) is 12.6 Å². The molecule has 3 heteroatoms. The average molecular weight is 236 g/mol. The van der Waals surface area contributed by atoms with Gasteiger partial charge in [0.1, 0.15) is 0 Å². The quantitative estimate of drug-likeness (QED) is 0.414. The van der Waals surface area contributed by atoms with Crippen molar-refractivity contribution >= 4 is 0 Å². The van der Waals surface area contributed by atoms with Crippen LogP contribution in [0.5, 0.6) is 0 Å². The maximum Gasteiger partial charge on any atom is 0.0716 e. The predicted molar refractivity (Wildman–Crippen MR) is 71.3 cm³/mol. The van der Waals surface area contributed by atoms with Crippen molar-refractivity contribution < 1.29 is 4.74 Å². The molecular weight excluding hydrogens is 212 g/mol. The van der Waals surface area contributed by atoms with Crippen LogP contribution < -0.4 is 11.3 Å². The summed E-state index contributed by atoms with van der Waals surface area (Å²) in [6, 6.07) is 10.6. The van der Waals surface area contributed by atoms with Gasteiger partial charge in [-0.2, -0.15) is 0 Å². The van der Waals surface area contributed by atoms with E-state index in [4.69, 9.17) is 10.6 Å². The summed E-state index contributed by atoms with van der Waals surface area (Å²) in [6.07, 6.45) is 2.09. The first-order valence-electron chi connectivity index (χ1n) is 6.35. The van der Waals surface area contributed by atoms with E-state index < -0.39 is 0 Å². The molecule has 17 heavy (non-hydrogen) atoms. The van der Waals surface area contributed by atoms with Crippen molar-refractivity contribution in [3.63, 3.8) is 0 Å². The zero-order valence-electron chi connectivity index (χ0n) is 10.9. The molecule has 0 bridgehead atoms. The number of nitrogens with two attached hydrogens (primary N) is 1. The van der Waals surface area contributed by atoms with Gasteiger partial charge in [0.15, 0.2) is 0 Å². The molecule has 2 unspecified atom stereocenters. The first kappa shape index (κ1) is 14.2. The molecule has 1 aromatic carbocycles. The van der Waals surface area contributed by atoms with Crippen LogP contribution in [0.15, 0.2) is 30.3 Å². The van der Waals surface area contributed by atoms with E-state index in [1.165, 1.54) is 5.56 Å². The Balaban J connectivity index is 2.19. The van der Waals surface area contributed by atoms with Crippen LogP contribution in [0.4, 0.5) is 0 Å². The highest BCUT2D eigenvalue weighted by atomic mass is 16.5. The lowest BCUT2D eigenvalue weighted by Crippen LogP contribution is -2.40. The van der Waals surface area contributed by atoms with Crippen LogP contribution in [0.25, 0.3) is 0 Å². The fourth-order valence-corrected chi connectivity index (χ4v) is 1.79. The summed E-state index contributed by atoms with van der Waals surface area (Å²) in [4.78, 5) is 0. The molecule has 2 atom stereocenters. The fraction of sp³-hybridized carbons (Fsp3) is 0.571. The zero-order chi connectivity index (χ0) is 12.5. The second-order valence-corrected chi connectivity index (χ2v) is 4.49. The maximum absolute atomic E-state index is 5.65. The summed E-state index contributed by atoms with van der Waals surface area (Å²) in [6.45, 7) is 5.81. The molecule has 0 aliphatic carbocycles. The summed E-state index contributed by atoms with van der Waals surface area (Å²) in [5.74, 6) is 6.12. The van der Waals surface area contributed by atoms with Crippen molar-refractivity contribution in [1.29, 1.82) is 0 Å². The van der Waals surface area contributed by atoms with Crippen LogP contribution in [-0.2, 0) is 11.3 Å². The number of hydrogen-bond donors (Lipinski definition) is 2. The number of hydrogen-bond acceptors (Lipinski definition) is 3. The van der Waals surface area contributed by atoms with Crippen molar-refractivity contribution in [3.8, 4) is 0 Å². The van der Waals surface area contributed by atoms with Crippen LogP contribution in [0.2, 0.25) is 0 Å². The van der Waals surface area contributed by atoms with Gasteiger partial charge in [-0.3, -0.25) is 11.3 Å². The third-order valence-corrected chi connectivity index (χ3v) is 3.23. The Kier molecular flexibility index (Phi) is 6.86. The predicted octanol–water partition coefficient (Wildman–Crippen LogP) is 2.47. The molecular formula is C14H24N2O. The maximum atomic E-state index is 5.65. The standard InChI is InChI=1S/C14H24N2O/c1-3-12(2)14(16-15)9-10-17-11-13-7-5-4-6-8-13/h4-8,12,14,16H,3,9-11,15H2,1-2H3. The Morgan fingerprint density at radius 2 is 2.00 bits per heavy atom. The van der Waals surface area contributed by atoms with Crippen LogP contribution in [0.1, 0.15) is 32.3 Å². The van der Waals surface area contributed by atoms with Crippen molar-refractivity contribution in [2.24, 2.45) is 11.8 Å². The van der Waals surface area contributed by atoms with E-state index in [0.29, 0.717) is 18.6 Å². The van der Waals surface area contributed by atoms with E-state index in [1.54, 1.807) is 0 Å². The highest BCUT2D eigenvalue weighted by molar-refractivity contribution is 5.13. The van der Waals surface area contributed by atoms with Gasteiger partial charge >= 0.3 is 0 Å². The highest BCUT2D eigenvalue weighted by Gasteiger charge is 2.13. The van der Waals surface area contributed by atoms with E-state index in [2.05, 4.69) is 31.4 Å². The van der Waals surface area contributed by atoms with Crippen LogP contribution in [0, 0.1) is 5.92 Å². The molecule has 0 amide bonds. The van der Waals surface area contributed by atoms with Gasteiger partial charge in [-0.1, -0.05) is 50.6 Å². The Morgan fingerprint density at radius 1 is 1.29 bits per heavy atom. The van der Waals surface area contributed by atoms with Crippen LogP contribution in [0.3, 0.4) is 0 Å². The van der Waals surface area contributed by atoms with E-state index in [1.807, 2.05) is 18.2 Å². The first-order valence-corrected chi connectivity index (χ1v) is 6.35. The molecule has 96 valence electrons. The minimum absolute atomic E-state index is 0.343. The Morgan fingerprint density at radius 3 is 2.59 bits per heavy atom. The van der Waals surface area contributed by atoms with Crippen molar-refractivity contribution in [3.05, 3.63) is 35.9 Å². The third kappa shape index (κ3) is 5.31. The first-order chi connectivity index (χ1) is 8.27. The number of nitrogens with one attached hydrogen (secondary N) is 1. The molecule has 3 N–H and O–H groups in total. The molecule has 0 fully saturated rings. The number of ether oxygens (including phenoxy) is 1. The monoisotopic (exact) mass is 236 g/mol. The van der Waals surface area contributed by atoms with Gasteiger partial charge < -0.3 is 4.74 Å². The molecule has 0 aliphatic rings. The lowest BCUT2D eigenvalue weighted by molar-refractivity contribution is 0.105. The number of rotatable bonds is 8. The average Bonchev–Trinajstić information content (AvgIpc) is 2.39. The topological polar surface area (TPSA) is 47.3 Å². The van der Waals surface area contributed by atoms with Gasteiger partial charge in [0.05, 0.1) is 6.61 Å². The molecule has 0 aromatic heterocycles. The van der Waals surface area contributed by atoms with Crippen LogP contribution >= 0.6 is 0 Å². The largest absolute Gasteiger partial charge is 0.377 e. The van der Waals surface area contributed by atoms with Gasteiger partial charge in [0.2, 0.25) is 0 Å². The molecule has 1 aromatic rings. The summed E-state index contributed by atoms with van der Waals surface area (Å²) >= 11 is 0. The smallest absolute Gasteiger partial charge is 0.0716 e. The SMILES string of the molecule is CCC(C)C(CCOCc1ccccc1)NN. The van der Waals surface area contributed by atoms with E-state index in [-0.39, 0.29) is 0 Å².